The summed E-state index contributed by atoms with van der Waals surface area (Å²) < 4.78 is 37.8. The highest BCUT2D eigenvalue weighted by Crippen LogP contribution is 2.29. The van der Waals surface area contributed by atoms with Gasteiger partial charge in [0.25, 0.3) is 5.91 Å². The quantitative estimate of drug-likeness (QED) is 0.467. The Labute approximate surface area is 233 Å². The van der Waals surface area contributed by atoms with Gasteiger partial charge < -0.3 is 20.1 Å². The van der Waals surface area contributed by atoms with Crippen molar-refractivity contribution in [3.05, 3.63) is 62.6 Å². The number of benzene rings is 2. The molecule has 2 aliphatic heterocycles. The fraction of sp³-hybridized carbons (Fsp3) is 0.440. The fourth-order valence-electron chi connectivity index (χ4n) is 4.17. The summed E-state index contributed by atoms with van der Waals surface area (Å²) in [6, 6.07) is 11.0. The third kappa shape index (κ3) is 8.91. The lowest BCUT2D eigenvalue weighted by Gasteiger charge is -2.19. The van der Waals surface area contributed by atoms with Crippen LogP contribution in [0.5, 0.6) is 5.75 Å². The molecule has 2 saturated heterocycles. The molecule has 1 amide bonds. The number of carbonyl (C=O) groups is 2. The molecule has 0 radical (unpaired) electrons. The Morgan fingerprint density at radius 3 is 2.32 bits per heavy atom. The first-order valence-electron chi connectivity index (χ1n) is 11.7. The van der Waals surface area contributed by atoms with E-state index in [0.29, 0.717) is 20.6 Å². The number of amides is 1. The minimum Gasteiger partial charge on any atom is -0.487 e. The number of nitrogens with one attached hydrogen (secondary N) is 1. The highest BCUT2D eigenvalue weighted by Gasteiger charge is 2.38. The van der Waals surface area contributed by atoms with Gasteiger partial charge in [0.15, 0.2) is 0 Å². The average molecular weight is 597 g/mol. The molecule has 2 heterocycles. The van der Waals surface area contributed by atoms with Crippen molar-refractivity contribution in [1.82, 2.24) is 15.1 Å². The van der Waals surface area contributed by atoms with Crippen LogP contribution in [-0.4, -0.2) is 78.3 Å². The molecule has 2 aromatic carbocycles. The van der Waals surface area contributed by atoms with Crippen molar-refractivity contribution < 1.29 is 32.6 Å². The number of hydrogen-bond acceptors (Lipinski definition) is 5. The molecule has 0 bridgehead atoms. The molecule has 7 nitrogen and oxygen atoms in total. The Hall–Kier alpha value is -2.24. The highest BCUT2D eigenvalue weighted by atomic mass is 35.5. The zero-order valence-corrected chi connectivity index (χ0v) is 22.7. The molecule has 13 heteroatoms. The summed E-state index contributed by atoms with van der Waals surface area (Å²) in [5.74, 6) is -2.14. The number of aliphatic carboxylic acids is 1. The monoisotopic (exact) mass is 595 g/mol. The third-order valence-corrected chi connectivity index (χ3v) is 7.11. The first-order valence-corrected chi connectivity index (χ1v) is 12.9. The number of rotatable bonds is 6. The Kier molecular flexibility index (Phi) is 10.5. The normalized spacial score (nSPS) is 20.1. The first-order chi connectivity index (χ1) is 17.8. The lowest BCUT2D eigenvalue weighted by Crippen LogP contribution is -2.37. The molecule has 0 aromatic heterocycles. The maximum absolute atomic E-state index is 12.5. The largest absolute Gasteiger partial charge is 0.490 e. The van der Waals surface area contributed by atoms with E-state index in [1.54, 1.807) is 18.2 Å². The van der Waals surface area contributed by atoms with Crippen molar-refractivity contribution >= 4 is 46.7 Å². The Morgan fingerprint density at radius 1 is 1.03 bits per heavy atom. The lowest BCUT2D eigenvalue weighted by atomic mass is 10.2. The molecule has 0 aliphatic carbocycles. The van der Waals surface area contributed by atoms with E-state index in [2.05, 4.69) is 28.2 Å². The van der Waals surface area contributed by atoms with E-state index in [1.807, 2.05) is 12.1 Å². The van der Waals surface area contributed by atoms with Crippen LogP contribution < -0.4 is 10.1 Å². The number of carboxylic acid groups (broad SMARTS) is 1. The molecule has 2 atom stereocenters. The fourth-order valence-corrected chi connectivity index (χ4v) is 4.71. The molecule has 208 valence electrons. The molecular formula is C25H27Cl3F3N3O4. The number of nitrogens with zero attached hydrogens (tertiary/aromatic N) is 2. The van der Waals surface area contributed by atoms with Crippen molar-refractivity contribution in [3.63, 3.8) is 0 Å². The van der Waals surface area contributed by atoms with Gasteiger partial charge in [0, 0.05) is 44.3 Å². The maximum Gasteiger partial charge on any atom is 0.490 e. The molecule has 1 unspecified atom stereocenters. The lowest BCUT2D eigenvalue weighted by molar-refractivity contribution is -0.192. The number of hydrogen-bond donors (Lipinski definition) is 2. The SMILES string of the molecule is CN1CCC(Oc2ccc(CN3CC[C@H](NC(=O)c4ccc(Cl)c(Cl)c4)C3)cc2Cl)C1.O=C(O)C(F)(F)F. The van der Waals surface area contributed by atoms with Crippen LogP contribution in [0.15, 0.2) is 36.4 Å². The van der Waals surface area contributed by atoms with Crippen LogP contribution in [0.4, 0.5) is 13.2 Å². The zero-order valence-electron chi connectivity index (χ0n) is 20.4. The van der Waals surface area contributed by atoms with Crippen molar-refractivity contribution in [3.8, 4) is 5.75 Å². The third-order valence-electron chi connectivity index (χ3n) is 6.08. The molecule has 2 N–H and O–H groups in total. The average Bonchev–Trinajstić information content (AvgIpc) is 3.45. The van der Waals surface area contributed by atoms with Gasteiger partial charge in [0.2, 0.25) is 0 Å². The second-order valence-electron chi connectivity index (χ2n) is 9.18. The second-order valence-corrected chi connectivity index (χ2v) is 10.4. The minimum absolute atomic E-state index is 0.0967. The van der Waals surface area contributed by atoms with Crippen LogP contribution >= 0.6 is 34.8 Å². The van der Waals surface area contributed by atoms with Gasteiger partial charge in [0.05, 0.1) is 15.1 Å². The molecule has 0 spiro atoms. The summed E-state index contributed by atoms with van der Waals surface area (Å²) in [4.78, 5) is 26.0. The molecule has 38 heavy (non-hydrogen) atoms. The number of likely N-dealkylation sites (tertiary alicyclic amines) is 2. The summed E-state index contributed by atoms with van der Waals surface area (Å²) >= 11 is 18.4. The van der Waals surface area contributed by atoms with Crippen LogP contribution in [0.1, 0.15) is 28.8 Å². The number of halogens is 6. The number of alkyl halides is 3. The van der Waals surface area contributed by atoms with Crippen molar-refractivity contribution in [1.29, 1.82) is 0 Å². The topological polar surface area (TPSA) is 82.1 Å². The summed E-state index contributed by atoms with van der Waals surface area (Å²) in [5, 5.41) is 11.7. The van der Waals surface area contributed by atoms with Crippen LogP contribution in [0, 0.1) is 0 Å². The smallest absolute Gasteiger partial charge is 0.487 e. The van der Waals surface area contributed by atoms with Gasteiger partial charge in [-0.05, 0) is 55.8 Å². The van der Waals surface area contributed by atoms with E-state index < -0.39 is 12.1 Å². The molecule has 4 rings (SSSR count). The molecule has 0 saturated carbocycles. The predicted molar refractivity (Wildman–Crippen MR) is 139 cm³/mol. The number of likely N-dealkylation sites (N-methyl/N-ethyl adjacent to an activating group) is 1. The summed E-state index contributed by atoms with van der Waals surface area (Å²) in [6.45, 7) is 4.47. The van der Waals surface area contributed by atoms with E-state index >= 15 is 0 Å². The van der Waals surface area contributed by atoms with Crippen molar-refractivity contribution in [2.45, 2.75) is 37.7 Å². The Morgan fingerprint density at radius 2 is 1.74 bits per heavy atom. The van der Waals surface area contributed by atoms with Crippen LogP contribution in [0.25, 0.3) is 0 Å². The molecular weight excluding hydrogens is 570 g/mol. The van der Waals surface area contributed by atoms with Gasteiger partial charge in [-0.25, -0.2) is 4.79 Å². The van der Waals surface area contributed by atoms with Crippen LogP contribution in [0.2, 0.25) is 15.1 Å². The first kappa shape index (κ1) is 30.3. The van der Waals surface area contributed by atoms with Crippen molar-refractivity contribution in [2.24, 2.45) is 0 Å². The van der Waals surface area contributed by atoms with Crippen LogP contribution in [0.3, 0.4) is 0 Å². The van der Waals surface area contributed by atoms with E-state index in [9.17, 15) is 18.0 Å². The van der Waals surface area contributed by atoms with Gasteiger partial charge in [-0.15, -0.1) is 0 Å². The predicted octanol–water partition coefficient (Wildman–Crippen LogP) is 5.37. The van der Waals surface area contributed by atoms with E-state index in [4.69, 9.17) is 49.4 Å². The number of carboxylic acids is 1. The van der Waals surface area contributed by atoms with Gasteiger partial charge in [0.1, 0.15) is 11.9 Å². The highest BCUT2D eigenvalue weighted by molar-refractivity contribution is 6.42. The molecule has 2 aromatic rings. The maximum atomic E-state index is 12.5. The van der Waals surface area contributed by atoms with Crippen molar-refractivity contribution in [2.75, 3.05) is 33.2 Å². The number of ether oxygens (including phenoxy) is 1. The number of carbonyl (C=O) groups excluding carboxylic acids is 1. The van der Waals surface area contributed by atoms with Gasteiger partial charge in [-0.1, -0.05) is 40.9 Å². The zero-order chi connectivity index (χ0) is 28.0. The minimum atomic E-state index is -5.08. The Balaban J connectivity index is 0.000000505. The van der Waals surface area contributed by atoms with Gasteiger partial charge >= 0.3 is 12.1 Å². The standard InChI is InChI=1S/C23H26Cl3N3O2.C2HF3O2/c1-28-8-7-18(14-28)31-22-5-2-15(10-21(22)26)12-29-9-6-17(13-29)27-23(30)16-3-4-19(24)20(25)11-16;3-2(4,5)1(6)7/h2-5,10-11,17-18H,6-9,12-14H2,1H3,(H,27,30);(H,6,7)/t17-,18?;/m0./s1. The van der Waals surface area contributed by atoms with Gasteiger partial charge in [-0.3, -0.25) is 9.69 Å². The summed E-state index contributed by atoms with van der Waals surface area (Å²) in [5.41, 5.74) is 1.65. The summed E-state index contributed by atoms with van der Waals surface area (Å²) in [7, 11) is 2.10. The summed E-state index contributed by atoms with van der Waals surface area (Å²) in [6.07, 6.45) is -2.96. The van der Waals surface area contributed by atoms with E-state index in [0.717, 1.165) is 56.9 Å². The van der Waals surface area contributed by atoms with E-state index in [-0.39, 0.29) is 18.1 Å². The van der Waals surface area contributed by atoms with Gasteiger partial charge in [-0.2, -0.15) is 13.2 Å². The van der Waals surface area contributed by atoms with Crippen LogP contribution in [-0.2, 0) is 11.3 Å². The Bertz CT molecular complexity index is 1150. The molecule has 2 fully saturated rings. The molecule has 2 aliphatic rings. The van der Waals surface area contributed by atoms with E-state index in [1.165, 1.54) is 0 Å². The second kappa shape index (κ2) is 13.2.